The van der Waals surface area contributed by atoms with E-state index in [-0.39, 0.29) is 6.10 Å². The fourth-order valence-corrected chi connectivity index (χ4v) is 2.97. The van der Waals surface area contributed by atoms with Crippen LogP contribution in [0.15, 0.2) is 30.3 Å². The van der Waals surface area contributed by atoms with Crippen LogP contribution in [0, 0.1) is 5.92 Å². The van der Waals surface area contributed by atoms with E-state index in [0.717, 1.165) is 38.9 Å². The van der Waals surface area contributed by atoms with Crippen LogP contribution in [-0.4, -0.2) is 24.4 Å². The lowest BCUT2D eigenvalue weighted by molar-refractivity contribution is 0.0358. The number of rotatable bonds is 5. The molecule has 1 aliphatic rings. The molecule has 2 nitrogen and oxygen atoms in total. The van der Waals surface area contributed by atoms with E-state index < -0.39 is 0 Å². The number of benzene rings is 1. The first-order chi connectivity index (χ1) is 8.81. The maximum atomic E-state index is 10.1. The Morgan fingerprint density at radius 2 is 2.00 bits per heavy atom. The van der Waals surface area contributed by atoms with Crippen LogP contribution >= 0.6 is 0 Å². The Kier molecular flexibility index (Phi) is 5.21. The van der Waals surface area contributed by atoms with Gasteiger partial charge in [0.25, 0.3) is 0 Å². The zero-order chi connectivity index (χ0) is 12.8. The van der Waals surface area contributed by atoms with E-state index in [9.17, 15) is 5.11 Å². The molecule has 0 radical (unpaired) electrons. The van der Waals surface area contributed by atoms with Crippen molar-refractivity contribution < 1.29 is 9.84 Å². The van der Waals surface area contributed by atoms with Gasteiger partial charge in [0.05, 0.1) is 6.10 Å². The molecule has 100 valence electrons. The van der Waals surface area contributed by atoms with Crippen LogP contribution in [0.4, 0.5) is 0 Å². The van der Waals surface area contributed by atoms with Crippen LogP contribution in [0.1, 0.15) is 44.1 Å². The van der Waals surface area contributed by atoms with Crippen LogP contribution in [0.25, 0.3) is 0 Å². The highest BCUT2D eigenvalue weighted by molar-refractivity contribution is 5.20. The maximum absolute atomic E-state index is 10.1. The Labute approximate surface area is 110 Å². The van der Waals surface area contributed by atoms with E-state index >= 15 is 0 Å². The van der Waals surface area contributed by atoms with Crippen molar-refractivity contribution in [1.82, 2.24) is 0 Å². The molecule has 1 N–H and O–H groups in total. The van der Waals surface area contributed by atoms with Crippen molar-refractivity contribution in [2.75, 3.05) is 13.2 Å². The fourth-order valence-electron chi connectivity index (χ4n) is 2.97. The summed E-state index contributed by atoms with van der Waals surface area (Å²) in [6.07, 6.45) is 3.98. The van der Waals surface area contributed by atoms with E-state index in [2.05, 4.69) is 30.3 Å². The molecule has 3 atom stereocenters. The summed E-state index contributed by atoms with van der Waals surface area (Å²) >= 11 is 0. The predicted molar refractivity (Wildman–Crippen MR) is 73.6 cm³/mol. The highest BCUT2D eigenvalue weighted by atomic mass is 16.5. The zero-order valence-corrected chi connectivity index (χ0v) is 11.2. The second-order valence-electron chi connectivity index (χ2n) is 5.23. The molecule has 3 unspecified atom stereocenters. The molecule has 0 bridgehead atoms. The van der Waals surface area contributed by atoms with E-state index in [0.29, 0.717) is 11.8 Å². The number of ether oxygens (including phenoxy) is 1. The average molecular weight is 248 g/mol. The summed E-state index contributed by atoms with van der Waals surface area (Å²) in [7, 11) is 0. The molecule has 0 saturated heterocycles. The minimum absolute atomic E-state index is 0.134. The van der Waals surface area contributed by atoms with Crippen LogP contribution in [0.3, 0.4) is 0 Å². The molecule has 0 heterocycles. The first kappa shape index (κ1) is 13.6. The quantitative estimate of drug-likeness (QED) is 0.810. The van der Waals surface area contributed by atoms with E-state index in [1.165, 1.54) is 5.56 Å². The summed E-state index contributed by atoms with van der Waals surface area (Å²) in [5.74, 6) is 1.01. The smallest absolute Gasteiger partial charge is 0.0569 e. The molecule has 1 aromatic carbocycles. The largest absolute Gasteiger partial charge is 0.393 e. The fraction of sp³-hybridized carbons (Fsp3) is 0.625. The summed E-state index contributed by atoms with van der Waals surface area (Å²) in [5.41, 5.74) is 1.42. The highest BCUT2D eigenvalue weighted by Crippen LogP contribution is 2.37. The molecular weight excluding hydrogens is 224 g/mol. The van der Waals surface area contributed by atoms with E-state index in [1.54, 1.807) is 0 Å². The maximum Gasteiger partial charge on any atom is 0.0569 e. The zero-order valence-electron chi connectivity index (χ0n) is 11.2. The van der Waals surface area contributed by atoms with Crippen LogP contribution in [0.2, 0.25) is 0 Å². The lowest BCUT2D eigenvalue weighted by Crippen LogP contribution is -2.29. The molecule has 1 aliphatic carbocycles. The lowest BCUT2D eigenvalue weighted by atomic mass is 9.75. The van der Waals surface area contributed by atoms with Gasteiger partial charge < -0.3 is 9.84 Å². The van der Waals surface area contributed by atoms with Gasteiger partial charge in [-0.15, -0.1) is 0 Å². The topological polar surface area (TPSA) is 29.5 Å². The first-order valence-corrected chi connectivity index (χ1v) is 7.12. The van der Waals surface area contributed by atoms with Gasteiger partial charge in [0, 0.05) is 13.2 Å². The van der Waals surface area contributed by atoms with Crippen LogP contribution < -0.4 is 0 Å². The molecule has 0 amide bonds. The third-order valence-electron chi connectivity index (χ3n) is 4.05. The van der Waals surface area contributed by atoms with Crippen molar-refractivity contribution in [1.29, 1.82) is 0 Å². The molecule has 0 aliphatic heterocycles. The van der Waals surface area contributed by atoms with Crippen molar-refractivity contribution in [3.63, 3.8) is 0 Å². The van der Waals surface area contributed by atoms with Crippen molar-refractivity contribution in [3.05, 3.63) is 35.9 Å². The van der Waals surface area contributed by atoms with Gasteiger partial charge in [-0.2, -0.15) is 0 Å². The third kappa shape index (κ3) is 3.56. The average Bonchev–Trinajstić information content (AvgIpc) is 2.42. The van der Waals surface area contributed by atoms with Crippen LogP contribution in [-0.2, 0) is 4.74 Å². The van der Waals surface area contributed by atoms with E-state index in [4.69, 9.17) is 4.74 Å². The minimum Gasteiger partial charge on any atom is -0.393 e. The number of aliphatic hydroxyl groups is 1. The van der Waals surface area contributed by atoms with Gasteiger partial charge in [-0.1, -0.05) is 30.3 Å². The summed E-state index contributed by atoms with van der Waals surface area (Å²) in [6, 6.07) is 10.7. The standard InChI is InChI=1S/C16H24O2/c1-2-18-11-10-15-12-14(8-9-16(15)17)13-6-4-3-5-7-13/h3-7,14-17H,2,8-12H2,1H3. The molecule has 0 aromatic heterocycles. The molecule has 2 rings (SSSR count). The van der Waals surface area contributed by atoms with Gasteiger partial charge in [-0.05, 0) is 50.0 Å². The molecule has 1 fully saturated rings. The summed E-state index contributed by atoms with van der Waals surface area (Å²) in [5, 5.41) is 10.1. The Hall–Kier alpha value is -0.860. The van der Waals surface area contributed by atoms with Crippen molar-refractivity contribution in [2.45, 2.75) is 44.6 Å². The number of hydrogen-bond donors (Lipinski definition) is 1. The van der Waals surface area contributed by atoms with Gasteiger partial charge in [-0.3, -0.25) is 0 Å². The van der Waals surface area contributed by atoms with Crippen molar-refractivity contribution >= 4 is 0 Å². The van der Waals surface area contributed by atoms with Crippen molar-refractivity contribution in [3.8, 4) is 0 Å². The Bertz CT molecular complexity index is 336. The Morgan fingerprint density at radius 3 is 2.72 bits per heavy atom. The lowest BCUT2D eigenvalue weighted by Gasteiger charge is -2.33. The van der Waals surface area contributed by atoms with Crippen LogP contribution in [0.5, 0.6) is 0 Å². The second-order valence-corrected chi connectivity index (χ2v) is 5.23. The van der Waals surface area contributed by atoms with Gasteiger partial charge in [0.2, 0.25) is 0 Å². The van der Waals surface area contributed by atoms with Gasteiger partial charge in [0.1, 0.15) is 0 Å². The second kappa shape index (κ2) is 6.91. The highest BCUT2D eigenvalue weighted by Gasteiger charge is 2.29. The normalized spacial score (nSPS) is 28.2. The Balaban J connectivity index is 1.91. The first-order valence-electron chi connectivity index (χ1n) is 7.12. The number of aliphatic hydroxyl groups excluding tert-OH is 1. The number of hydrogen-bond acceptors (Lipinski definition) is 2. The summed E-state index contributed by atoms with van der Waals surface area (Å²) < 4.78 is 5.41. The minimum atomic E-state index is -0.134. The van der Waals surface area contributed by atoms with Crippen molar-refractivity contribution in [2.24, 2.45) is 5.92 Å². The summed E-state index contributed by atoms with van der Waals surface area (Å²) in [6.45, 7) is 3.56. The molecule has 0 spiro atoms. The SMILES string of the molecule is CCOCCC1CC(c2ccccc2)CCC1O. The third-order valence-corrected chi connectivity index (χ3v) is 4.05. The van der Waals surface area contributed by atoms with Gasteiger partial charge in [-0.25, -0.2) is 0 Å². The monoisotopic (exact) mass is 248 g/mol. The molecule has 1 saturated carbocycles. The molecule has 1 aromatic rings. The Morgan fingerprint density at radius 1 is 1.22 bits per heavy atom. The predicted octanol–water partition coefficient (Wildman–Crippen LogP) is 3.36. The van der Waals surface area contributed by atoms with Gasteiger partial charge >= 0.3 is 0 Å². The molecule has 2 heteroatoms. The van der Waals surface area contributed by atoms with Gasteiger partial charge in [0.15, 0.2) is 0 Å². The molecular formula is C16H24O2. The van der Waals surface area contributed by atoms with E-state index in [1.807, 2.05) is 6.92 Å². The summed E-state index contributed by atoms with van der Waals surface area (Å²) in [4.78, 5) is 0. The molecule has 18 heavy (non-hydrogen) atoms.